The molecule has 0 rings (SSSR count). The average molecular weight is 143 g/mol. The molecule has 0 aliphatic rings. The Labute approximate surface area is 62.4 Å². The molecule has 0 spiro atoms. The quantitative estimate of drug-likeness (QED) is 0.441. The molecule has 59 valence electrons. The first-order valence-corrected chi connectivity index (χ1v) is 3.53. The van der Waals surface area contributed by atoms with Gasteiger partial charge in [0.2, 0.25) is 6.41 Å². The Hall–Kier alpha value is -0.570. The van der Waals surface area contributed by atoms with Crippen LogP contribution in [-0.4, -0.2) is 30.6 Å². The van der Waals surface area contributed by atoms with Gasteiger partial charge < -0.3 is 5.32 Å². The van der Waals surface area contributed by atoms with E-state index in [0.717, 1.165) is 13.1 Å². The van der Waals surface area contributed by atoms with Crippen LogP contribution >= 0.6 is 0 Å². The van der Waals surface area contributed by atoms with Crippen LogP contribution in [0.15, 0.2) is 0 Å². The average Bonchev–Trinajstić information content (AvgIpc) is 1.91. The summed E-state index contributed by atoms with van der Waals surface area (Å²) in [6.07, 6.45) is 0.586. The van der Waals surface area contributed by atoms with Gasteiger partial charge in [0.25, 0.3) is 0 Å². The van der Waals surface area contributed by atoms with E-state index in [-0.39, 0.29) is 6.17 Å². The molecule has 0 saturated carbocycles. The molecule has 1 N–H and O–H groups in total. The van der Waals surface area contributed by atoms with E-state index < -0.39 is 0 Å². The Balaban J connectivity index is 3.63. The molecule has 3 heteroatoms. The highest BCUT2D eigenvalue weighted by molar-refractivity contribution is 5.46. The van der Waals surface area contributed by atoms with Gasteiger partial charge in [0.05, 0.1) is 6.17 Å². The molecule has 0 aromatic carbocycles. The molecule has 0 fully saturated rings. The summed E-state index contributed by atoms with van der Waals surface area (Å²) in [5.41, 5.74) is 0. The number of hydrogen-bond acceptors (Lipinski definition) is 2. The molecule has 1 radical (unpaired) electrons. The van der Waals surface area contributed by atoms with E-state index in [1.807, 2.05) is 13.8 Å². The van der Waals surface area contributed by atoms with Crippen molar-refractivity contribution < 1.29 is 4.79 Å². The number of carbonyl (C=O) groups is 1. The van der Waals surface area contributed by atoms with Gasteiger partial charge in [-0.3, -0.25) is 9.69 Å². The summed E-state index contributed by atoms with van der Waals surface area (Å²) < 4.78 is 0. The molecule has 1 atom stereocenters. The summed E-state index contributed by atoms with van der Waals surface area (Å²) in [7, 11) is 0. The molecule has 3 nitrogen and oxygen atoms in total. The van der Waals surface area contributed by atoms with Gasteiger partial charge in [-0.15, -0.1) is 0 Å². The fourth-order valence-corrected chi connectivity index (χ4v) is 0.848. The number of carbonyl (C=O) groups excluding carboxylic acids is 1. The van der Waals surface area contributed by atoms with Gasteiger partial charge in [-0.25, -0.2) is 0 Å². The second-order valence-electron chi connectivity index (χ2n) is 2.02. The number of rotatable bonds is 5. The zero-order valence-electron chi connectivity index (χ0n) is 6.63. The van der Waals surface area contributed by atoms with Gasteiger partial charge in [0.1, 0.15) is 0 Å². The minimum atomic E-state index is -0.0903. The zero-order chi connectivity index (χ0) is 7.98. The lowest BCUT2D eigenvalue weighted by atomic mass is 10.4. The molecule has 10 heavy (non-hydrogen) atoms. The third-order valence-electron chi connectivity index (χ3n) is 1.51. The molecule has 1 amide bonds. The van der Waals surface area contributed by atoms with Gasteiger partial charge in [-0.1, -0.05) is 13.8 Å². The predicted molar refractivity (Wildman–Crippen MR) is 41.3 cm³/mol. The third-order valence-corrected chi connectivity index (χ3v) is 1.51. The van der Waals surface area contributed by atoms with Gasteiger partial charge in [-0.2, -0.15) is 0 Å². The van der Waals surface area contributed by atoms with Crippen molar-refractivity contribution in [1.29, 1.82) is 0 Å². The van der Waals surface area contributed by atoms with E-state index in [4.69, 9.17) is 0 Å². The topological polar surface area (TPSA) is 32.3 Å². The van der Waals surface area contributed by atoms with Crippen LogP contribution in [0.2, 0.25) is 0 Å². The summed E-state index contributed by atoms with van der Waals surface area (Å²) in [4.78, 5) is 12.0. The zero-order valence-corrected chi connectivity index (χ0v) is 6.63. The lowest BCUT2D eigenvalue weighted by Crippen LogP contribution is -2.42. The molecule has 0 aliphatic heterocycles. The monoisotopic (exact) mass is 143 g/mol. The van der Waals surface area contributed by atoms with E-state index in [0.29, 0.717) is 6.41 Å². The summed E-state index contributed by atoms with van der Waals surface area (Å²) in [6, 6.07) is 0. The Morgan fingerprint density at radius 3 is 2.40 bits per heavy atom. The smallest absolute Gasteiger partial charge is 0.208 e. The van der Waals surface area contributed by atoms with Gasteiger partial charge in [0, 0.05) is 0 Å². The van der Waals surface area contributed by atoms with Gasteiger partial charge in [0.15, 0.2) is 0 Å². The maximum Gasteiger partial charge on any atom is 0.208 e. The maximum atomic E-state index is 9.97. The Morgan fingerprint density at radius 2 is 2.10 bits per heavy atom. The fraction of sp³-hybridized carbons (Fsp3) is 0.714. The Morgan fingerprint density at radius 1 is 1.60 bits per heavy atom. The van der Waals surface area contributed by atoms with Crippen LogP contribution in [0.1, 0.15) is 13.8 Å². The normalized spacial score (nSPS) is 13.2. The van der Waals surface area contributed by atoms with Crippen molar-refractivity contribution in [2.75, 3.05) is 13.1 Å². The van der Waals surface area contributed by atoms with Crippen LogP contribution in [0, 0.1) is 6.92 Å². The molecular formula is C7H15N2O. The molecule has 0 bridgehead atoms. The molecular weight excluding hydrogens is 128 g/mol. The molecule has 1 unspecified atom stereocenters. The predicted octanol–water partition coefficient (Wildman–Crippen LogP) is 0.234. The molecule has 0 aromatic heterocycles. The van der Waals surface area contributed by atoms with Gasteiger partial charge >= 0.3 is 0 Å². The Bertz CT molecular complexity index is 91.6. The van der Waals surface area contributed by atoms with Crippen LogP contribution < -0.4 is 5.32 Å². The largest absolute Gasteiger partial charge is 0.343 e. The van der Waals surface area contributed by atoms with Crippen molar-refractivity contribution in [3.05, 3.63) is 6.92 Å². The van der Waals surface area contributed by atoms with E-state index in [1.165, 1.54) is 0 Å². The lowest BCUT2D eigenvalue weighted by Gasteiger charge is -2.24. The maximum absolute atomic E-state index is 9.97. The SMILES string of the molecule is [CH2]C(NC=O)N(CC)CC. The highest BCUT2D eigenvalue weighted by Gasteiger charge is 2.06. The molecule has 0 aliphatic carbocycles. The van der Waals surface area contributed by atoms with Crippen LogP contribution in [0.3, 0.4) is 0 Å². The standard InChI is InChI=1S/C7H15N2O/c1-4-9(5-2)7(3)8-6-10/h6-7H,3-5H2,1-2H3,(H,8,10). The summed E-state index contributed by atoms with van der Waals surface area (Å²) in [5.74, 6) is 0. The summed E-state index contributed by atoms with van der Waals surface area (Å²) in [6.45, 7) is 9.64. The first-order valence-electron chi connectivity index (χ1n) is 3.53. The van der Waals surface area contributed by atoms with Crippen LogP contribution in [0.25, 0.3) is 0 Å². The van der Waals surface area contributed by atoms with Crippen molar-refractivity contribution in [1.82, 2.24) is 10.2 Å². The van der Waals surface area contributed by atoms with Crippen molar-refractivity contribution in [2.24, 2.45) is 0 Å². The van der Waals surface area contributed by atoms with Crippen LogP contribution in [-0.2, 0) is 4.79 Å². The summed E-state index contributed by atoms with van der Waals surface area (Å²) in [5, 5.41) is 2.58. The highest BCUT2D eigenvalue weighted by Crippen LogP contribution is 1.91. The number of nitrogens with one attached hydrogen (secondary N) is 1. The van der Waals surface area contributed by atoms with Gasteiger partial charge in [-0.05, 0) is 20.0 Å². The summed E-state index contributed by atoms with van der Waals surface area (Å²) >= 11 is 0. The number of amides is 1. The number of nitrogens with zero attached hydrogens (tertiary/aromatic N) is 1. The van der Waals surface area contributed by atoms with E-state index in [2.05, 4.69) is 17.1 Å². The van der Waals surface area contributed by atoms with Crippen molar-refractivity contribution in [3.8, 4) is 0 Å². The van der Waals surface area contributed by atoms with E-state index in [1.54, 1.807) is 0 Å². The number of hydrogen-bond donors (Lipinski definition) is 1. The third kappa shape index (κ3) is 2.82. The second kappa shape index (κ2) is 5.23. The molecule has 0 aromatic rings. The molecule has 0 saturated heterocycles. The molecule has 0 heterocycles. The van der Waals surface area contributed by atoms with E-state index >= 15 is 0 Å². The van der Waals surface area contributed by atoms with Crippen molar-refractivity contribution >= 4 is 6.41 Å². The first-order chi connectivity index (χ1) is 4.76. The van der Waals surface area contributed by atoms with Crippen molar-refractivity contribution in [2.45, 2.75) is 20.0 Å². The minimum Gasteiger partial charge on any atom is -0.343 e. The fourth-order valence-electron chi connectivity index (χ4n) is 0.848. The highest BCUT2D eigenvalue weighted by atomic mass is 16.1. The Kier molecular flexibility index (Phi) is 4.94. The van der Waals surface area contributed by atoms with Crippen molar-refractivity contribution in [3.63, 3.8) is 0 Å². The van der Waals surface area contributed by atoms with E-state index in [9.17, 15) is 4.79 Å². The lowest BCUT2D eigenvalue weighted by molar-refractivity contribution is -0.110. The first kappa shape index (κ1) is 9.43. The van der Waals surface area contributed by atoms with Crippen LogP contribution in [0.5, 0.6) is 0 Å². The minimum absolute atomic E-state index is 0.0903. The second-order valence-corrected chi connectivity index (χ2v) is 2.02. The van der Waals surface area contributed by atoms with Crippen LogP contribution in [0.4, 0.5) is 0 Å².